The molecule has 2 aromatic rings. The first kappa shape index (κ1) is 23.3. The normalized spacial score (nSPS) is 15.2. The van der Waals surface area contributed by atoms with Gasteiger partial charge in [-0.1, -0.05) is 59.6 Å². The molecular formula is C24H26Cl2N2O3. The van der Waals surface area contributed by atoms with Crippen LogP contribution in [0.5, 0.6) is 0 Å². The van der Waals surface area contributed by atoms with Crippen molar-refractivity contribution in [2.75, 3.05) is 33.3 Å². The Morgan fingerprint density at radius 2 is 1.81 bits per heavy atom. The van der Waals surface area contributed by atoms with Gasteiger partial charge in [0.2, 0.25) is 0 Å². The van der Waals surface area contributed by atoms with Crippen molar-refractivity contribution in [1.29, 1.82) is 0 Å². The van der Waals surface area contributed by atoms with E-state index in [2.05, 4.69) is 4.90 Å². The zero-order chi connectivity index (χ0) is 22.2. The molecule has 2 aromatic carbocycles. The van der Waals surface area contributed by atoms with Crippen molar-refractivity contribution in [3.8, 4) is 0 Å². The van der Waals surface area contributed by atoms with Crippen molar-refractivity contribution >= 4 is 41.2 Å². The number of likely N-dealkylation sites (tertiary alicyclic amines) is 1. The van der Waals surface area contributed by atoms with Crippen LogP contribution in [0.15, 0.2) is 54.6 Å². The summed E-state index contributed by atoms with van der Waals surface area (Å²) in [6, 6.07) is 14.9. The molecule has 31 heavy (non-hydrogen) atoms. The van der Waals surface area contributed by atoms with Gasteiger partial charge in [0.05, 0.1) is 16.1 Å². The Bertz CT molecular complexity index is 928. The van der Waals surface area contributed by atoms with Crippen LogP contribution in [-0.2, 0) is 14.3 Å². The lowest BCUT2D eigenvalue weighted by Crippen LogP contribution is -2.40. The highest BCUT2D eigenvalue weighted by atomic mass is 35.5. The van der Waals surface area contributed by atoms with E-state index in [9.17, 15) is 9.59 Å². The van der Waals surface area contributed by atoms with Crippen molar-refractivity contribution in [2.45, 2.75) is 18.9 Å². The lowest BCUT2D eigenvalue weighted by atomic mass is 10.0. The van der Waals surface area contributed by atoms with E-state index in [4.69, 9.17) is 27.9 Å². The van der Waals surface area contributed by atoms with Gasteiger partial charge < -0.3 is 14.5 Å². The molecule has 0 aromatic heterocycles. The second-order valence-corrected chi connectivity index (χ2v) is 8.37. The smallest absolute Gasteiger partial charge is 0.331 e. The Morgan fingerprint density at radius 3 is 2.48 bits per heavy atom. The minimum atomic E-state index is -0.594. The van der Waals surface area contributed by atoms with Gasteiger partial charge in [-0.3, -0.25) is 4.79 Å². The fourth-order valence-electron chi connectivity index (χ4n) is 3.57. The zero-order valence-corrected chi connectivity index (χ0v) is 19.0. The van der Waals surface area contributed by atoms with Gasteiger partial charge in [0.1, 0.15) is 0 Å². The molecule has 7 heteroatoms. The van der Waals surface area contributed by atoms with Crippen molar-refractivity contribution in [1.82, 2.24) is 9.80 Å². The number of benzene rings is 2. The van der Waals surface area contributed by atoms with Crippen LogP contribution < -0.4 is 0 Å². The average molecular weight is 461 g/mol. The first-order chi connectivity index (χ1) is 14.9. The number of amides is 1. The molecule has 3 rings (SSSR count). The van der Waals surface area contributed by atoms with Crippen LogP contribution >= 0.6 is 23.2 Å². The summed E-state index contributed by atoms with van der Waals surface area (Å²) in [6.07, 6.45) is 5.20. The molecule has 164 valence electrons. The molecule has 5 nitrogen and oxygen atoms in total. The monoisotopic (exact) mass is 460 g/mol. The van der Waals surface area contributed by atoms with E-state index in [1.165, 1.54) is 18.9 Å². The fourth-order valence-corrected chi connectivity index (χ4v) is 3.88. The van der Waals surface area contributed by atoms with Gasteiger partial charge >= 0.3 is 5.97 Å². The molecule has 0 unspecified atom stereocenters. The summed E-state index contributed by atoms with van der Waals surface area (Å²) in [4.78, 5) is 28.9. The lowest BCUT2D eigenvalue weighted by Gasteiger charge is -2.32. The second-order valence-electron chi connectivity index (χ2n) is 7.55. The van der Waals surface area contributed by atoms with Crippen molar-refractivity contribution in [2.24, 2.45) is 0 Å². The molecule has 0 aliphatic carbocycles. The number of ether oxygens (including phenoxy) is 1. The van der Waals surface area contributed by atoms with Crippen LogP contribution in [0.25, 0.3) is 6.08 Å². The largest absolute Gasteiger partial charge is 0.452 e. The average Bonchev–Trinajstić information content (AvgIpc) is 3.30. The van der Waals surface area contributed by atoms with Gasteiger partial charge in [0, 0.05) is 19.7 Å². The molecule has 0 saturated carbocycles. The van der Waals surface area contributed by atoms with Crippen LogP contribution in [0.4, 0.5) is 0 Å². The number of carbonyl (C=O) groups is 2. The number of hydrogen-bond donors (Lipinski definition) is 0. The summed E-state index contributed by atoms with van der Waals surface area (Å²) in [5, 5.41) is 0.843. The highest BCUT2D eigenvalue weighted by Crippen LogP contribution is 2.24. The first-order valence-corrected chi connectivity index (χ1v) is 11.0. The summed E-state index contributed by atoms with van der Waals surface area (Å²) in [5.41, 5.74) is 1.78. The minimum absolute atomic E-state index is 0.0998. The Kier molecular flexibility index (Phi) is 8.52. The summed E-state index contributed by atoms with van der Waals surface area (Å²) in [6.45, 7) is 2.53. The SMILES string of the molecule is CN(C(=O)COC(=O)/C=C/c1ccc(Cl)c(Cl)c1)[C@H](CN1CCCC1)c1ccccc1. The second kappa shape index (κ2) is 11.3. The van der Waals surface area contributed by atoms with E-state index in [1.807, 2.05) is 30.3 Å². The fraction of sp³-hybridized carbons (Fsp3) is 0.333. The number of halogens is 2. The Labute approximate surface area is 193 Å². The van der Waals surface area contributed by atoms with Crippen molar-refractivity contribution < 1.29 is 14.3 Å². The predicted octanol–water partition coefficient (Wildman–Crippen LogP) is 4.85. The van der Waals surface area contributed by atoms with Gasteiger partial charge in [-0.2, -0.15) is 0 Å². The van der Waals surface area contributed by atoms with E-state index >= 15 is 0 Å². The van der Waals surface area contributed by atoms with E-state index in [1.54, 1.807) is 36.2 Å². The molecule has 0 bridgehead atoms. The van der Waals surface area contributed by atoms with E-state index in [0.717, 1.165) is 25.2 Å². The molecule has 1 aliphatic heterocycles. The third kappa shape index (κ3) is 6.82. The van der Waals surface area contributed by atoms with Gasteiger partial charge in [-0.15, -0.1) is 0 Å². The third-order valence-electron chi connectivity index (χ3n) is 5.37. The van der Waals surface area contributed by atoms with Crippen LogP contribution in [-0.4, -0.2) is 55.0 Å². The molecule has 1 atom stereocenters. The van der Waals surface area contributed by atoms with Crippen LogP contribution in [0.3, 0.4) is 0 Å². The van der Waals surface area contributed by atoms with Gasteiger partial charge in [0.15, 0.2) is 6.61 Å². The molecule has 1 saturated heterocycles. The standard InChI is InChI=1S/C24H26Cl2N2O3/c1-27(22(16-28-13-5-6-14-28)19-7-3-2-4-8-19)23(29)17-31-24(30)12-10-18-9-11-20(25)21(26)15-18/h2-4,7-12,15,22H,5-6,13-14,16-17H2,1H3/b12-10+/t22-/m1/s1. The van der Waals surface area contributed by atoms with E-state index < -0.39 is 5.97 Å². The molecule has 1 amide bonds. The Morgan fingerprint density at radius 1 is 1.10 bits per heavy atom. The first-order valence-electron chi connectivity index (χ1n) is 10.3. The number of rotatable bonds is 8. The van der Waals surface area contributed by atoms with Crippen LogP contribution in [0.1, 0.15) is 30.0 Å². The minimum Gasteiger partial charge on any atom is -0.452 e. The van der Waals surface area contributed by atoms with Crippen molar-refractivity contribution in [3.05, 3.63) is 75.8 Å². The topological polar surface area (TPSA) is 49.9 Å². The number of carbonyl (C=O) groups excluding carboxylic acids is 2. The van der Waals surface area contributed by atoms with Crippen LogP contribution in [0, 0.1) is 0 Å². The van der Waals surface area contributed by atoms with Gasteiger partial charge in [-0.05, 0) is 55.3 Å². The third-order valence-corrected chi connectivity index (χ3v) is 6.11. The molecule has 1 aliphatic rings. The zero-order valence-electron chi connectivity index (χ0n) is 17.5. The molecule has 0 spiro atoms. The number of likely N-dealkylation sites (N-methyl/N-ethyl adjacent to an activating group) is 1. The molecule has 1 fully saturated rings. The van der Waals surface area contributed by atoms with Gasteiger partial charge in [-0.25, -0.2) is 4.79 Å². The summed E-state index contributed by atoms with van der Waals surface area (Å²) < 4.78 is 5.17. The number of hydrogen-bond acceptors (Lipinski definition) is 4. The Balaban J connectivity index is 1.58. The van der Waals surface area contributed by atoms with Crippen molar-refractivity contribution in [3.63, 3.8) is 0 Å². The Hall–Kier alpha value is -2.34. The van der Waals surface area contributed by atoms with E-state index in [-0.39, 0.29) is 18.6 Å². The maximum atomic E-state index is 12.8. The maximum Gasteiger partial charge on any atom is 0.331 e. The maximum absolute atomic E-state index is 12.8. The summed E-state index contributed by atoms with van der Waals surface area (Å²) in [5.74, 6) is -0.840. The quantitative estimate of drug-likeness (QED) is 0.417. The van der Waals surface area contributed by atoms with Crippen LogP contribution in [0.2, 0.25) is 10.0 Å². The highest BCUT2D eigenvalue weighted by Gasteiger charge is 2.26. The molecular weight excluding hydrogens is 435 g/mol. The lowest BCUT2D eigenvalue weighted by molar-refractivity contribution is -0.148. The predicted molar refractivity (Wildman–Crippen MR) is 124 cm³/mol. The molecule has 0 radical (unpaired) electrons. The summed E-state index contributed by atoms with van der Waals surface area (Å²) in [7, 11) is 1.76. The summed E-state index contributed by atoms with van der Waals surface area (Å²) >= 11 is 11.9. The molecule has 0 N–H and O–H groups in total. The number of esters is 1. The number of nitrogens with zero attached hydrogens (tertiary/aromatic N) is 2. The van der Waals surface area contributed by atoms with E-state index in [0.29, 0.717) is 15.6 Å². The van der Waals surface area contributed by atoms with Gasteiger partial charge in [0.25, 0.3) is 5.91 Å². The molecule has 1 heterocycles. The highest BCUT2D eigenvalue weighted by molar-refractivity contribution is 6.42.